The Morgan fingerprint density at radius 2 is 2.00 bits per heavy atom. The van der Waals surface area contributed by atoms with Gasteiger partial charge >= 0.3 is 0 Å². The first kappa shape index (κ1) is 16.1. The van der Waals surface area contributed by atoms with Crippen molar-refractivity contribution in [2.24, 2.45) is 5.73 Å². The Morgan fingerprint density at radius 1 is 1.27 bits per heavy atom. The van der Waals surface area contributed by atoms with Gasteiger partial charge in [0.1, 0.15) is 0 Å². The summed E-state index contributed by atoms with van der Waals surface area (Å²) in [6, 6.07) is 11.5. The van der Waals surface area contributed by atoms with Crippen molar-refractivity contribution in [3.05, 3.63) is 57.6 Å². The molecule has 0 saturated heterocycles. The molecule has 0 heterocycles. The van der Waals surface area contributed by atoms with Crippen molar-refractivity contribution >= 4 is 46.3 Å². The number of hydrogen-bond donors (Lipinski definition) is 2. The fourth-order valence-electron chi connectivity index (χ4n) is 1.71. The van der Waals surface area contributed by atoms with E-state index >= 15 is 0 Å². The Bertz CT molecular complexity index is 724. The number of para-hydroxylation sites is 1. The third-order valence-corrected chi connectivity index (χ3v) is 4.10. The summed E-state index contributed by atoms with van der Waals surface area (Å²) in [5.74, 6) is -0.250. The number of halogens is 1. The normalized spacial score (nSPS) is 10.2. The molecule has 0 radical (unpaired) electrons. The highest BCUT2D eigenvalue weighted by molar-refractivity contribution is 8.00. The summed E-state index contributed by atoms with van der Waals surface area (Å²) in [5.41, 5.74) is 6.35. The Hall–Kier alpha value is -2.25. The summed E-state index contributed by atoms with van der Waals surface area (Å²) in [6.45, 7) is 0. The summed E-state index contributed by atoms with van der Waals surface area (Å²) in [6.07, 6.45) is 0. The predicted molar refractivity (Wildman–Crippen MR) is 87.7 cm³/mol. The fourth-order valence-corrected chi connectivity index (χ4v) is 2.68. The minimum Gasteiger partial charge on any atom is -0.369 e. The van der Waals surface area contributed by atoms with Crippen LogP contribution in [0.2, 0.25) is 5.02 Å². The molecule has 0 atom stereocenters. The van der Waals surface area contributed by atoms with Crippen LogP contribution in [0.25, 0.3) is 0 Å². The quantitative estimate of drug-likeness (QED) is 0.477. The Morgan fingerprint density at radius 3 is 2.64 bits per heavy atom. The van der Waals surface area contributed by atoms with Crippen LogP contribution in [0, 0.1) is 10.1 Å². The monoisotopic (exact) mass is 337 g/mol. The van der Waals surface area contributed by atoms with Crippen LogP contribution >= 0.6 is 23.4 Å². The Labute approximate surface area is 135 Å². The number of primary amides is 1. The zero-order chi connectivity index (χ0) is 16.1. The van der Waals surface area contributed by atoms with E-state index in [1.54, 1.807) is 0 Å². The van der Waals surface area contributed by atoms with Crippen molar-refractivity contribution in [1.29, 1.82) is 0 Å². The van der Waals surface area contributed by atoms with Gasteiger partial charge in [-0.3, -0.25) is 14.9 Å². The van der Waals surface area contributed by atoms with Gasteiger partial charge in [0.05, 0.1) is 27.1 Å². The molecule has 114 valence electrons. The van der Waals surface area contributed by atoms with E-state index in [1.807, 2.05) is 24.3 Å². The summed E-state index contributed by atoms with van der Waals surface area (Å²) in [7, 11) is 0. The van der Waals surface area contributed by atoms with E-state index in [0.717, 1.165) is 10.6 Å². The van der Waals surface area contributed by atoms with Gasteiger partial charge in [-0.2, -0.15) is 0 Å². The zero-order valence-electron chi connectivity index (χ0n) is 11.3. The lowest BCUT2D eigenvalue weighted by atomic mass is 10.2. The van der Waals surface area contributed by atoms with Crippen LogP contribution in [0.4, 0.5) is 17.1 Å². The van der Waals surface area contributed by atoms with Crippen LogP contribution in [-0.4, -0.2) is 16.6 Å². The topological polar surface area (TPSA) is 98.3 Å². The number of carbonyl (C=O) groups is 1. The van der Waals surface area contributed by atoms with Gasteiger partial charge in [0.2, 0.25) is 5.91 Å². The maximum Gasteiger partial charge on any atom is 0.271 e. The number of hydrogen-bond acceptors (Lipinski definition) is 5. The number of rotatable bonds is 6. The number of thioether (sulfide) groups is 1. The number of nitrogens with two attached hydrogens (primary N) is 1. The molecule has 0 spiro atoms. The standard InChI is InChI=1S/C14H12ClN3O3S/c15-10-7-9(18(20)21)5-6-11(10)17-12-3-1-2-4-13(12)22-8-14(16)19/h1-7,17H,8H2,(H2,16,19). The van der Waals surface area contributed by atoms with Crippen LogP contribution in [0.3, 0.4) is 0 Å². The average Bonchev–Trinajstić information content (AvgIpc) is 2.48. The molecule has 1 amide bonds. The average molecular weight is 338 g/mol. The second-order valence-corrected chi connectivity index (χ2v) is 5.72. The number of anilines is 2. The van der Waals surface area contributed by atoms with E-state index in [2.05, 4.69) is 5.32 Å². The highest BCUT2D eigenvalue weighted by atomic mass is 35.5. The van der Waals surface area contributed by atoms with Gasteiger partial charge in [0, 0.05) is 17.0 Å². The molecular weight excluding hydrogens is 326 g/mol. The van der Waals surface area contributed by atoms with Crippen LogP contribution in [0.5, 0.6) is 0 Å². The first-order valence-corrected chi connectivity index (χ1v) is 7.55. The molecule has 8 heteroatoms. The fraction of sp³-hybridized carbons (Fsp3) is 0.0714. The smallest absolute Gasteiger partial charge is 0.271 e. The number of amides is 1. The van der Waals surface area contributed by atoms with Gasteiger partial charge in [-0.25, -0.2) is 0 Å². The maximum absolute atomic E-state index is 10.9. The lowest BCUT2D eigenvalue weighted by Gasteiger charge is -2.12. The number of nitrogens with zero attached hydrogens (tertiary/aromatic N) is 1. The lowest BCUT2D eigenvalue weighted by molar-refractivity contribution is -0.384. The van der Waals surface area contributed by atoms with Crippen molar-refractivity contribution in [3.63, 3.8) is 0 Å². The molecule has 0 saturated carbocycles. The van der Waals surface area contributed by atoms with Gasteiger partial charge in [0.25, 0.3) is 5.69 Å². The van der Waals surface area contributed by atoms with Crippen LogP contribution in [0.15, 0.2) is 47.4 Å². The number of benzene rings is 2. The number of non-ortho nitro benzene ring substituents is 1. The summed E-state index contributed by atoms with van der Waals surface area (Å²) >= 11 is 7.36. The molecule has 2 aromatic carbocycles. The summed E-state index contributed by atoms with van der Waals surface area (Å²) in [5, 5.41) is 14.0. The van der Waals surface area contributed by atoms with Gasteiger partial charge in [-0.1, -0.05) is 23.7 Å². The Balaban J connectivity index is 2.23. The molecule has 22 heavy (non-hydrogen) atoms. The van der Waals surface area contributed by atoms with E-state index in [4.69, 9.17) is 17.3 Å². The molecule has 0 aromatic heterocycles. The zero-order valence-corrected chi connectivity index (χ0v) is 12.9. The third kappa shape index (κ3) is 4.12. The second-order valence-electron chi connectivity index (χ2n) is 4.30. The molecule has 0 unspecified atom stereocenters. The van der Waals surface area contributed by atoms with Gasteiger partial charge in [-0.05, 0) is 18.2 Å². The molecule has 0 aliphatic rings. The molecule has 6 nitrogen and oxygen atoms in total. The SMILES string of the molecule is NC(=O)CSc1ccccc1Nc1ccc([N+](=O)[O-])cc1Cl. The lowest BCUT2D eigenvalue weighted by Crippen LogP contribution is -2.13. The molecule has 0 bridgehead atoms. The highest BCUT2D eigenvalue weighted by Gasteiger charge is 2.11. The van der Waals surface area contributed by atoms with E-state index < -0.39 is 10.8 Å². The van der Waals surface area contributed by atoms with Crippen molar-refractivity contribution in [2.45, 2.75) is 4.90 Å². The first-order valence-electron chi connectivity index (χ1n) is 6.18. The largest absolute Gasteiger partial charge is 0.369 e. The summed E-state index contributed by atoms with van der Waals surface area (Å²) < 4.78 is 0. The van der Waals surface area contributed by atoms with Crippen LogP contribution < -0.4 is 11.1 Å². The number of nitrogens with one attached hydrogen (secondary N) is 1. The van der Waals surface area contributed by atoms with E-state index in [1.165, 1.54) is 30.0 Å². The van der Waals surface area contributed by atoms with Gasteiger partial charge in [0.15, 0.2) is 0 Å². The van der Waals surface area contributed by atoms with Crippen molar-refractivity contribution in [2.75, 3.05) is 11.1 Å². The maximum atomic E-state index is 10.9. The van der Waals surface area contributed by atoms with Gasteiger partial charge in [-0.15, -0.1) is 11.8 Å². The summed E-state index contributed by atoms with van der Waals surface area (Å²) in [4.78, 5) is 21.9. The van der Waals surface area contributed by atoms with E-state index in [9.17, 15) is 14.9 Å². The van der Waals surface area contributed by atoms with E-state index in [0.29, 0.717) is 5.69 Å². The molecule has 0 aliphatic carbocycles. The molecule has 2 rings (SSSR count). The number of nitro groups is 1. The molecule has 0 aliphatic heterocycles. The van der Waals surface area contributed by atoms with Crippen molar-refractivity contribution in [1.82, 2.24) is 0 Å². The number of carbonyl (C=O) groups excluding carboxylic acids is 1. The van der Waals surface area contributed by atoms with Gasteiger partial charge < -0.3 is 11.1 Å². The molecule has 3 N–H and O–H groups in total. The van der Waals surface area contributed by atoms with Crippen LogP contribution in [0.1, 0.15) is 0 Å². The molecular formula is C14H12ClN3O3S. The Kier molecular flexibility index (Phi) is 5.24. The minimum atomic E-state index is -0.508. The van der Waals surface area contributed by atoms with Crippen LogP contribution in [-0.2, 0) is 4.79 Å². The highest BCUT2D eigenvalue weighted by Crippen LogP contribution is 2.33. The molecule has 0 fully saturated rings. The number of nitro benzene ring substituents is 1. The predicted octanol–water partition coefficient (Wildman–Crippen LogP) is 3.57. The first-order chi connectivity index (χ1) is 10.5. The van der Waals surface area contributed by atoms with Crippen molar-refractivity contribution in [3.8, 4) is 0 Å². The third-order valence-electron chi connectivity index (χ3n) is 2.69. The minimum absolute atomic E-state index is 0.0769. The van der Waals surface area contributed by atoms with Crippen molar-refractivity contribution < 1.29 is 9.72 Å². The second kappa shape index (κ2) is 7.15. The molecule has 2 aromatic rings. The van der Waals surface area contributed by atoms with E-state index in [-0.39, 0.29) is 16.5 Å².